The molecular weight excluding hydrogens is 582 g/mol. The number of rotatable bonds is 2. The number of carbonyl (C=O) groups excluding carboxylic acids is 2. The molecule has 1 aliphatic heterocycles. The van der Waals surface area contributed by atoms with Crippen molar-refractivity contribution in [3.05, 3.63) is 142 Å². The fourth-order valence-corrected chi connectivity index (χ4v) is 9.13. The van der Waals surface area contributed by atoms with Gasteiger partial charge in [-0.3, -0.25) is 0 Å². The standard InChI is InChI=1S/C34H21NO2Te/c36-33-26-14-13-21-7-1-2-8-25(21)32(26)34(37)27(33)17-20-15-22-18-24(19-23(22)16-20)35-28-9-3-5-11-30(28)38-31-12-6-4-10-29(31)35/h1-15,17,19H,16,18H2/b27-17+. The van der Waals surface area contributed by atoms with Crippen LogP contribution in [0.5, 0.6) is 0 Å². The third-order valence-corrected chi connectivity index (χ3v) is 11.0. The van der Waals surface area contributed by atoms with Gasteiger partial charge in [0.25, 0.3) is 0 Å². The molecule has 4 heteroatoms. The van der Waals surface area contributed by atoms with Gasteiger partial charge in [0.15, 0.2) is 0 Å². The molecule has 38 heavy (non-hydrogen) atoms. The molecule has 0 atom stereocenters. The number of hydrogen-bond donors (Lipinski definition) is 0. The van der Waals surface area contributed by atoms with E-state index in [0.717, 1.165) is 29.2 Å². The van der Waals surface area contributed by atoms with Crippen LogP contribution in [0.15, 0.2) is 131 Å². The van der Waals surface area contributed by atoms with Crippen LogP contribution in [0.4, 0.5) is 11.4 Å². The van der Waals surface area contributed by atoms with Gasteiger partial charge in [0.05, 0.1) is 0 Å². The van der Waals surface area contributed by atoms with Gasteiger partial charge < -0.3 is 0 Å². The third kappa shape index (κ3) is 3.21. The Kier molecular flexibility index (Phi) is 4.80. The molecule has 3 aliphatic carbocycles. The summed E-state index contributed by atoms with van der Waals surface area (Å²) in [6, 6.07) is 29.1. The van der Waals surface area contributed by atoms with Crippen LogP contribution in [0.3, 0.4) is 0 Å². The number of benzene rings is 4. The first-order valence-corrected chi connectivity index (χ1v) is 15.1. The van der Waals surface area contributed by atoms with Crippen molar-refractivity contribution in [3.8, 4) is 0 Å². The number of allylic oxidation sites excluding steroid dienone is 7. The first-order valence-electron chi connectivity index (χ1n) is 12.8. The van der Waals surface area contributed by atoms with E-state index < -0.39 is 20.9 Å². The summed E-state index contributed by atoms with van der Waals surface area (Å²) in [6.45, 7) is 0. The van der Waals surface area contributed by atoms with E-state index in [1.807, 2.05) is 36.4 Å². The summed E-state index contributed by atoms with van der Waals surface area (Å²) >= 11 is -0.411. The zero-order valence-electron chi connectivity index (χ0n) is 20.4. The zero-order chi connectivity index (χ0) is 25.4. The first kappa shape index (κ1) is 22.1. The molecule has 0 aromatic heterocycles. The van der Waals surface area contributed by atoms with Crippen LogP contribution >= 0.6 is 0 Å². The minimum absolute atomic E-state index is 0.156. The van der Waals surface area contributed by atoms with Gasteiger partial charge in [-0.25, -0.2) is 0 Å². The van der Waals surface area contributed by atoms with E-state index in [1.165, 1.54) is 35.4 Å². The normalized spacial score (nSPS) is 18.5. The number of nitrogens with zero attached hydrogens (tertiary/aromatic N) is 1. The molecule has 0 saturated heterocycles. The monoisotopic (exact) mass is 605 g/mol. The molecule has 0 saturated carbocycles. The van der Waals surface area contributed by atoms with Crippen LogP contribution in [-0.4, -0.2) is 32.5 Å². The molecular formula is C34H21NO2Te. The van der Waals surface area contributed by atoms with Gasteiger partial charge in [0, 0.05) is 0 Å². The van der Waals surface area contributed by atoms with Gasteiger partial charge in [-0.2, -0.15) is 0 Å². The Balaban J connectivity index is 1.10. The molecule has 0 radical (unpaired) electrons. The van der Waals surface area contributed by atoms with E-state index in [2.05, 4.69) is 65.6 Å². The van der Waals surface area contributed by atoms with Crippen LogP contribution in [0.25, 0.3) is 10.8 Å². The minimum Gasteiger partial charge on any atom is -0.0616 e. The Labute approximate surface area is 230 Å². The first-order chi connectivity index (χ1) is 18.7. The summed E-state index contributed by atoms with van der Waals surface area (Å²) in [5.41, 5.74) is 8.85. The molecule has 1 heterocycles. The average molecular weight is 603 g/mol. The van der Waals surface area contributed by atoms with E-state index in [4.69, 9.17) is 0 Å². The number of ketones is 2. The maximum absolute atomic E-state index is 13.4. The maximum atomic E-state index is 13.4. The van der Waals surface area contributed by atoms with Crippen molar-refractivity contribution in [2.24, 2.45) is 0 Å². The van der Waals surface area contributed by atoms with Crippen molar-refractivity contribution in [1.29, 1.82) is 0 Å². The van der Waals surface area contributed by atoms with Gasteiger partial charge in [0.1, 0.15) is 0 Å². The fraction of sp³-hybridized carbons (Fsp3) is 0.0588. The molecule has 4 aromatic rings. The van der Waals surface area contributed by atoms with E-state index in [1.54, 1.807) is 6.07 Å². The molecule has 0 spiro atoms. The molecule has 0 N–H and O–H groups in total. The molecule has 3 nitrogen and oxygen atoms in total. The van der Waals surface area contributed by atoms with Crippen molar-refractivity contribution in [1.82, 2.24) is 0 Å². The second kappa shape index (κ2) is 8.27. The van der Waals surface area contributed by atoms with Crippen molar-refractivity contribution in [2.45, 2.75) is 12.8 Å². The Bertz CT molecular complexity index is 1840. The van der Waals surface area contributed by atoms with Gasteiger partial charge in [-0.1, -0.05) is 30.3 Å². The Hall–Kier alpha value is -3.97. The molecule has 8 rings (SSSR count). The second-order valence-corrected chi connectivity index (χ2v) is 13.2. The smallest absolute Gasteiger partial charge is 0.0616 e. The minimum atomic E-state index is -0.411. The van der Waals surface area contributed by atoms with Gasteiger partial charge >= 0.3 is 184 Å². The van der Waals surface area contributed by atoms with Crippen molar-refractivity contribution >= 4 is 61.9 Å². The average Bonchev–Trinajstić information content (AvgIpc) is 3.58. The van der Waals surface area contributed by atoms with Crippen molar-refractivity contribution in [3.63, 3.8) is 0 Å². The summed E-state index contributed by atoms with van der Waals surface area (Å²) in [5, 5.41) is 1.83. The van der Waals surface area contributed by atoms with Gasteiger partial charge in [-0.05, 0) is 16.8 Å². The second-order valence-electron chi connectivity index (χ2n) is 10.1. The summed E-state index contributed by atoms with van der Waals surface area (Å²) < 4.78 is 2.94. The van der Waals surface area contributed by atoms with Crippen LogP contribution in [0.1, 0.15) is 33.6 Å². The van der Waals surface area contributed by atoms with E-state index in [0.29, 0.717) is 11.1 Å². The quantitative estimate of drug-likeness (QED) is 0.164. The van der Waals surface area contributed by atoms with Gasteiger partial charge in [-0.15, -0.1) is 0 Å². The molecule has 180 valence electrons. The van der Waals surface area contributed by atoms with Crippen LogP contribution in [0, 0.1) is 0 Å². The van der Waals surface area contributed by atoms with Crippen LogP contribution < -0.4 is 12.1 Å². The van der Waals surface area contributed by atoms with Gasteiger partial charge in [0.2, 0.25) is 0 Å². The molecule has 0 amide bonds. The Morgan fingerprint density at radius 1 is 0.684 bits per heavy atom. The summed E-state index contributed by atoms with van der Waals surface area (Å²) in [6.07, 6.45) is 7.92. The molecule has 4 aromatic carbocycles. The number of fused-ring (bicyclic) bond motifs is 5. The topological polar surface area (TPSA) is 37.4 Å². The zero-order valence-corrected chi connectivity index (χ0v) is 22.7. The number of Topliss-reactive ketones (excluding diaryl/α,β-unsaturated/α-hetero) is 2. The summed E-state index contributed by atoms with van der Waals surface area (Å²) in [7, 11) is 0. The molecule has 0 fully saturated rings. The number of anilines is 2. The van der Waals surface area contributed by atoms with Crippen LogP contribution in [0.2, 0.25) is 0 Å². The number of para-hydroxylation sites is 2. The van der Waals surface area contributed by atoms with E-state index in [-0.39, 0.29) is 17.1 Å². The predicted octanol–water partition coefficient (Wildman–Crippen LogP) is 5.87. The molecule has 4 aliphatic rings. The predicted molar refractivity (Wildman–Crippen MR) is 153 cm³/mol. The fourth-order valence-electron chi connectivity index (χ4n) is 6.11. The Morgan fingerprint density at radius 3 is 2.13 bits per heavy atom. The van der Waals surface area contributed by atoms with Crippen LogP contribution in [-0.2, 0) is 0 Å². The van der Waals surface area contributed by atoms with E-state index >= 15 is 0 Å². The molecule has 0 unspecified atom stereocenters. The SMILES string of the molecule is O=C1/C(=C\C2=CC3=C(C=C(N4c5ccccc5[Te]c5ccccc54)C3)C2)C(=O)c2c1ccc1ccccc21. The van der Waals surface area contributed by atoms with E-state index in [9.17, 15) is 9.59 Å². The Morgan fingerprint density at radius 2 is 1.37 bits per heavy atom. The molecule has 0 bridgehead atoms. The summed E-state index contributed by atoms with van der Waals surface area (Å²) in [4.78, 5) is 29.1. The number of hydrogen-bond acceptors (Lipinski definition) is 3. The van der Waals surface area contributed by atoms with Crippen molar-refractivity contribution in [2.75, 3.05) is 4.90 Å². The third-order valence-electron chi connectivity index (χ3n) is 7.82. The van der Waals surface area contributed by atoms with Crippen molar-refractivity contribution < 1.29 is 9.59 Å². The number of carbonyl (C=O) groups is 2. The summed E-state index contributed by atoms with van der Waals surface area (Å²) in [5.74, 6) is -0.318.